The molecule has 17 bridgehead atoms. The van der Waals surface area contributed by atoms with Gasteiger partial charge in [-0.3, -0.25) is 28.8 Å². The van der Waals surface area contributed by atoms with Crippen molar-refractivity contribution >= 4 is 85.5 Å². The van der Waals surface area contributed by atoms with Gasteiger partial charge in [0.05, 0.1) is 22.4 Å². The number of fused-ring (bicyclic) bond motifs is 16. The molecule has 6 amide bonds. The number of benzene rings is 9. The number of methoxy groups -OCH3 is 1. The van der Waals surface area contributed by atoms with Crippen LogP contribution in [-0.4, -0.2) is 111 Å². The number of thiazole rings is 1. The van der Waals surface area contributed by atoms with E-state index in [1.54, 1.807) is 10.8 Å². The van der Waals surface area contributed by atoms with Gasteiger partial charge < -0.3 is 96.3 Å². The zero-order valence-corrected chi connectivity index (χ0v) is 55.9. The van der Waals surface area contributed by atoms with E-state index in [9.17, 15) is 50.4 Å². The molecule has 27 nitrogen and oxygen atoms in total. The molecule has 0 saturated heterocycles. The second-order valence-corrected chi connectivity index (χ2v) is 27.2. The Bertz CT molecular complexity index is 5380. The Balaban J connectivity index is 0.909. The van der Waals surface area contributed by atoms with E-state index in [4.69, 9.17) is 23.9 Å². The van der Waals surface area contributed by atoms with Gasteiger partial charge in [-0.05, 0) is 143 Å². The predicted octanol–water partition coefficient (Wildman–Crippen LogP) is 8.87. The first-order valence-corrected chi connectivity index (χ1v) is 33.7. The Morgan fingerprint density at radius 1 is 0.519 bits per heavy atom. The van der Waals surface area contributed by atoms with Crippen molar-refractivity contribution in [3.05, 3.63) is 221 Å². The SMILES string of the molecule is COC(=O)[C@@H]1NC(=O)[C@H]2NC(=O)[C@H](NC(=O)[C@@H]3NC(=O)[C@H]4NC(=O)[C@H](NC(=O)[C@H](n5cc6ccccc6c5Sc5nc6ccccc6s5)c5ccc(O)c(c5)Oc5cc4cc(O)c5C)[C@H](O)c4ccc(cc4)Oc4cc3cc(c4O)Oc3ccc(cc3)[C@H]2O)c2ccc(O)c(c2)-c2c(O)cc(O)cc21. The third-order valence-electron chi connectivity index (χ3n) is 18.4. The van der Waals surface area contributed by atoms with Crippen LogP contribution in [0.15, 0.2) is 185 Å². The average molecular weight is 1440 g/mol. The summed E-state index contributed by atoms with van der Waals surface area (Å²) in [5.41, 5.74) is -0.966. The minimum atomic E-state index is -2.17. The van der Waals surface area contributed by atoms with E-state index >= 15 is 24.0 Å². The lowest BCUT2D eigenvalue weighted by molar-refractivity contribution is -0.146. The summed E-state index contributed by atoms with van der Waals surface area (Å²) in [5.74, 6) is -13.6. The number of carbonyl (C=O) groups excluding carboxylic acids is 7. The van der Waals surface area contributed by atoms with Crippen LogP contribution in [0, 0.1) is 6.92 Å². The summed E-state index contributed by atoms with van der Waals surface area (Å²) in [6.45, 7) is 1.46. The van der Waals surface area contributed by atoms with Crippen molar-refractivity contribution in [1.82, 2.24) is 41.5 Å². The number of ether oxygens (including phenoxy) is 4. The third kappa shape index (κ3) is 12.3. The summed E-state index contributed by atoms with van der Waals surface area (Å²) in [6, 6.07) is 25.7. The van der Waals surface area contributed by atoms with E-state index in [0.717, 1.165) is 59.8 Å². The molecule has 0 aliphatic carbocycles. The number of aliphatic hydroxyl groups is 2. The van der Waals surface area contributed by atoms with Crippen LogP contribution in [0.2, 0.25) is 0 Å². The molecule has 0 unspecified atom stereocenters. The largest absolute Gasteiger partial charge is 0.508 e. The van der Waals surface area contributed by atoms with Gasteiger partial charge in [-0.15, -0.1) is 11.3 Å². The minimum absolute atomic E-state index is 0.00698. The molecule has 524 valence electrons. The molecule has 9 aromatic carbocycles. The highest BCUT2D eigenvalue weighted by atomic mass is 32.2. The zero-order chi connectivity index (χ0) is 72.7. The minimum Gasteiger partial charge on any atom is -0.508 e. The fourth-order valence-electron chi connectivity index (χ4n) is 13.1. The van der Waals surface area contributed by atoms with Gasteiger partial charge in [0, 0.05) is 45.3 Å². The number of para-hydroxylation sites is 1. The quantitative estimate of drug-likeness (QED) is 0.0731. The van der Waals surface area contributed by atoms with Gasteiger partial charge in [-0.2, -0.15) is 0 Å². The van der Waals surface area contributed by atoms with Crippen LogP contribution >= 0.6 is 23.1 Å². The lowest BCUT2D eigenvalue weighted by Gasteiger charge is -2.32. The number of nitrogens with zero attached hydrogens (tertiary/aromatic N) is 2. The number of aromatic nitrogens is 2. The normalized spacial score (nSPS) is 20.9. The molecular weight excluding hydrogens is 1380 g/mol. The van der Waals surface area contributed by atoms with Gasteiger partial charge in [0.25, 0.3) is 0 Å². The number of rotatable bonds is 4. The Labute approximate surface area is 595 Å². The van der Waals surface area contributed by atoms with Crippen LogP contribution in [0.1, 0.15) is 86.9 Å². The van der Waals surface area contributed by atoms with Gasteiger partial charge in [0.1, 0.15) is 88.7 Å². The number of phenolic OH excluding ortho intramolecular Hbond substituents is 6. The van der Waals surface area contributed by atoms with Crippen LogP contribution in [0.4, 0.5) is 0 Å². The van der Waals surface area contributed by atoms with Crippen molar-refractivity contribution in [2.45, 2.75) is 70.8 Å². The molecule has 2 aromatic heterocycles. The number of esters is 1. The van der Waals surface area contributed by atoms with Crippen molar-refractivity contribution < 1.29 is 93.4 Å². The van der Waals surface area contributed by atoms with Crippen LogP contribution in [0.25, 0.3) is 32.1 Å². The van der Waals surface area contributed by atoms with E-state index in [-0.39, 0.29) is 78.6 Å². The molecule has 14 N–H and O–H groups in total. The van der Waals surface area contributed by atoms with Crippen molar-refractivity contribution in [2.24, 2.45) is 0 Å². The van der Waals surface area contributed by atoms with Crippen molar-refractivity contribution in [2.75, 3.05) is 7.11 Å². The molecule has 0 saturated carbocycles. The molecule has 29 heteroatoms. The molecule has 9 atom stereocenters. The van der Waals surface area contributed by atoms with Gasteiger partial charge >= 0.3 is 5.97 Å². The molecule has 0 radical (unpaired) electrons. The van der Waals surface area contributed by atoms with E-state index in [2.05, 4.69) is 31.9 Å². The summed E-state index contributed by atoms with van der Waals surface area (Å²) in [5, 5.41) is 113. The van der Waals surface area contributed by atoms with Gasteiger partial charge in [0.15, 0.2) is 33.4 Å². The Hall–Kier alpha value is -12.8. The highest BCUT2D eigenvalue weighted by molar-refractivity contribution is 8.01. The highest BCUT2D eigenvalue weighted by Crippen LogP contribution is 2.49. The first-order valence-electron chi connectivity index (χ1n) is 32.1. The van der Waals surface area contributed by atoms with Crippen LogP contribution < -0.4 is 46.1 Å². The summed E-state index contributed by atoms with van der Waals surface area (Å²) >= 11 is 2.68. The number of aromatic hydroxyl groups is 6. The maximum absolute atomic E-state index is 16.1. The molecule has 104 heavy (non-hydrogen) atoms. The van der Waals surface area contributed by atoms with Gasteiger partial charge in [-0.25, -0.2) is 9.78 Å². The summed E-state index contributed by atoms with van der Waals surface area (Å²) < 4.78 is 27.4. The number of nitrogens with one attached hydrogen (secondary N) is 6. The molecule has 8 heterocycles. The monoisotopic (exact) mass is 1440 g/mol. The highest BCUT2D eigenvalue weighted by Gasteiger charge is 2.43. The molecule has 11 aromatic rings. The molecular formula is C75H58N8O19S2. The first-order chi connectivity index (χ1) is 50.0. The molecule has 6 aliphatic rings. The zero-order valence-electron chi connectivity index (χ0n) is 54.2. The first kappa shape index (κ1) is 67.0. The van der Waals surface area contributed by atoms with E-state index in [1.165, 1.54) is 109 Å². The van der Waals surface area contributed by atoms with E-state index in [0.29, 0.717) is 20.1 Å². The Morgan fingerprint density at radius 2 is 1.07 bits per heavy atom. The van der Waals surface area contributed by atoms with Gasteiger partial charge in [0.2, 0.25) is 41.2 Å². The fraction of sp³-hybridized carbons (Fsp3) is 0.147. The fourth-order valence-corrected chi connectivity index (χ4v) is 15.3. The van der Waals surface area contributed by atoms with E-state index in [1.807, 2.05) is 48.5 Å². The van der Waals surface area contributed by atoms with Crippen molar-refractivity contribution in [1.29, 1.82) is 0 Å². The lowest BCUT2D eigenvalue weighted by atomic mass is 9.89. The van der Waals surface area contributed by atoms with Crippen molar-refractivity contribution in [3.63, 3.8) is 0 Å². The van der Waals surface area contributed by atoms with Gasteiger partial charge in [-0.1, -0.05) is 72.8 Å². The van der Waals surface area contributed by atoms with Crippen LogP contribution in [0.5, 0.6) is 69.0 Å². The lowest BCUT2D eigenvalue weighted by Crippen LogP contribution is -2.55. The number of amides is 6. The average Bonchev–Trinajstić information content (AvgIpc) is 1.16. The summed E-state index contributed by atoms with van der Waals surface area (Å²) in [6.07, 6.45) is -2.28. The number of phenols is 6. The second-order valence-electron chi connectivity index (χ2n) is 24.9. The van der Waals surface area contributed by atoms with Crippen molar-refractivity contribution in [3.8, 4) is 80.1 Å². The van der Waals surface area contributed by atoms with E-state index < -0.39 is 142 Å². The van der Waals surface area contributed by atoms with Crippen LogP contribution in [-0.2, 0) is 38.3 Å². The molecule has 0 spiro atoms. The standard InChI is InChI=1S/C75H58N8O19S2/c1-32-49(87)24-38-26-51(32)102-52-25-36(16-22-48(52)86)63(83-31-37-7-3-4-8-43(37)73(83)104-75-76-46-9-5-6-10-55(46)103-75)72(97)82-62-65(90)34-13-19-42(20-14-34)101-54-28-39-27-53(66(54)91)100-41-17-11-33(12-18-41)64(89)61-71(96)80-60(74(98)99-2)45-29-40(84)30-50(88)56(45)44-23-35(15-21-47(44)85)57(67(92)81-61)77-69(94)59(39)78-68(93)58(38)79-70(62)95/h3-31,57-65,84-91H,1-2H3,(H,77,94)(H,78,93)(H,79,95)(H,80,96)(H,81,92)(H,82,97)/t57-,58+,59-,60-,61+,62-,63-,64-,65-/m1/s1. The number of carbonyl (C=O) groups is 7. The molecule has 6 aliphatic heterocycles. The van der Waals surface area contributed by atoms with Crippen LogP contribution in [0.3, 0.4) is 0 Å². The second kappa shape index (κ2) is 26.6. The maximum Gasteiger partial charge on any atom is 0.333 e. The molecule has 17 rings (SSSR count). The summed E-state index contributed by atoms with van der Waals surface area (Å²) in [7, 11) is 0.980. The molecule has 0 fully saturated rings. The maximum atomic E-state index is 16.1. The third-order valence-corrected chi connectivity index (χ3v) is 20.6. The number of hydrogen-bond donors (Lipinski definition) is 14. The smallest absolute Gasteiger partial charge is 0.333 e. The summed E-state index contributed by atoms with van der Waals surface area (Å²) in [4.78, 5) is 113. The topological polar surface area (TPSA) is 408 Å². The Kier molecular flexibility index (Phi) is 17.1. The Morgan fingerprint density at radius 3 is 1.73 bits per heavy atom. The number of hydrogen-bond acceptors (Lipinski definition) is 22. The number of aliphatic hydroxyl groups excluding tert-OH is 2. The predicted molar refractivity (Wildman–Crippen MR) is 372 cm³/mol.